The third kappa shape index (κ3) is 80.5. The van der Waals surface area contributed by atoms with Crippen molar-refractivity contribution in [2.75, 3.05) is 26.4 Å². The Kier molecular flexibility index (Phi) is 77.0. The topological polar surface area (TPSA) is 134 Å². The number of phosphoric acid groups is 1. The first-order valence-corrected chi connectivity index (χ1v) is 41.5. The summed E-state index contributed by atoms with van der Waals surface area (Å²) in [5, 5.41) is 0. The maximum atomic E-state index is 12.8. The van der Waals surface area contributed by atoms with Crippen LogP contribution in [0.5, 0.6) is 0 Å². The molecule has 0 bridgehead atoms. The number of nitrogens with two attached hydrogens (primary N) is 1. The van der Waals surface area contributed by atoms with E-state index >= 15 is 0 Å². The maximum Gasteiger partial charge on any atom is 0.472 e. The standard InChI is InChI=1S/C87H148NO8P/c1-3-5-7-9-11-13-15-17-19-21-23-25-27-29-31-33-35-37-39-40-41-42-43-44-46-48-50-52-54-56-58-60-62-64-66-68-70-72-74-76-78-80-87(90)96-85(84-95-97(91,92)94-82-81-88)83-93-86(89)79-77-75-73-71-69-67-65-63-61-59-57-55-53-51-49-47-45-38-36-34-32-30-28-26-24-22-20-18-16-14-12-10-8-6-4-2/h5-8,11-14,17-20,23-26,29-32,35-38,40-41,85H,3-4,9-10,15-16,21-22,27-28,33-34,39,42-84,88H2,1-2H3,(H,91,92)/b7-5-,8-6-,13-11-,14-12-,19-17-,20-18-,25-23-,26-24-,31-29-,32-30-,37-35-,38-36-,41-40-. The average molecular weight is 1370 g/mol. The van der Waals surface area contributed by atoms with Gasteiger partial charge in [0.25, 0.3) is 0 Å². The fourth-order valence-corrected chi connectivity index (χ4v) is 11.9. The first kappa shape index (κ1) is 92.6. The monoisotopic (exact) mass is 1370 g/mol. The highest BCUT2D eigenvalue weighted by molar-refractivity contribution is 7.47. The van der Waals surface area contributed by atoms with E-state index in [2.05, 4.69) is 172 Å². The molecule has 2 atom stereocenters. The van der Waals surface area contributed by atoms with Crippen molar-refractivity contribution in [3.05, 3.63) is 158 Å². The van der Waals surface area contributed by atoms with Crippen molar-refractivity contribution in [2.24, 2.45) is 5.73 Å². The van der Waals surface area contributed by atoms with Gasteiger partial charge in [-0.15, -0.1) is 0 Å². The minimum Gasteiger partial charge on any atom is -0.462 e. The van der Waals surface area contributed by atoms with Crippen molar-refractivity contribution in [2.45, 2.75) is 354 Å². The van der Waals surface area contributed by atoms with E-state index in [1.165, 1.54) is 193 Å². The first-order valence-electron chi connectivity index (χ1n) is 40.0. The van der Waals surface area contributed by atoms with Crippen LogP contribution >= 0.6 is 7.82 Å². The summed E-state index contributed by atoms with van der Waals surface area (Å²) in [6, 6.07) is 0. The van der Waals surface area contributed by atoms with Gasteiger partial charge in [0.15, 0.2) is 6.10 Å². The lowest BCUT2D eigenvalue weighted by Crippen LogP contribution is -2.29. The molecule has 2 unspecified atom stereocenters. The van der Waals surface area contributed by atoms with E-state index in [9.17, 15) is 19.0 Å². The first-order chi connectivity index (χ1) is 47.8. The number of phosphoric ester groups is 1. The zero-order chi connectivity index (χ0) is 70.0. The molecule has 0 saturated heterocycles. The zero-order valence-electron chi connectivity index (χ0n) is 62.5. The highest BCUT2D eigenvalue weighted by Crippen LogP contribution is 2.43. The van der Waals surface area contributed by atoms with Crippen LogP contribution in [0, 0.1) is 0 Å². The fourth-order valence-electron chi connectivity index (χ4n) is 11.1. The molecule has 10 heteroatoms. The van der Waals surface area contributed by atoms with Gasteiger partial charge in [0.05, 0.1) is 13.2 Å². The van der Waals surface area contributed by atoms with Crippen LogP contribution in [0.15, 0.2) is 158 Å². The van der Waals surface area contributed by atoms with Gasteiger partial charge in [-0.2, -0.15) is 0 Å². The molecule has 9 nitrogen and oxygen atoms in total. The molecule has 0 fully saturated rings. The average Bonchev–Trinajstić information content (AvgIpc) is 2.57. The Morgan fingerprint density at radius 1 is 0.309 bits per heavy atom. The van der Waals surface area contributed by atoms with Gasteiger partial charge in [-0.25, -0.2) is 4.57 Å². The molecule has 0 aliphatic rings. The largest absolute Gasteiger partial charge is 0.472 e. The molecular weight excluding hydrogens is 1220 g/mol. The summed E-state index contributed by atoms with van der Waals surface area (Å²) >= 11 is 0. The minimum atomic E-state index is -4.40. The molecule has 3 N–H and O–H groups in total. The molecule has 0 aromatic rings. The van der Waals surface area contributed by atoms with Crippen LogP contribution in [0.1, 0.15) is 348 Å². The summed E-state index contributed by atoms with van der Waals surface area (Å²) in [7, 11) is -4.40. The van der Waals surface area contributed by atoms with E-state index in [0.717, 1.165) is 122 Å². The Bertz CT molecular complexity index is 2160. The molecular formula is C87H148NO8P. The van der Waals surface area contributed by atoms with Crippen molar-refractivity contribution >= 4 is 19.8 Å². The summed E-state index contributed by atoms with van der Waals surface area (Å²) < 4.78 is 33.3. The van der Waals surface area contributed by atoms with Crippen LogP contribution < -0.4 is 5.73 Å². The Balaban J connectivity index is 3.83. The molecule has 0 spiro atoms. The van der Waals surface area contributed by atoms with Crippen molar-refractivity contribution < 1.29 is 37.6 Å². The number of esters is 2. The Morgan fingerprint density at radius 3 is 0.794 bits per heavy atom. The van der Waals surface area contributed by atoms with Crippen molar-refractivity contribution in [3.63, 3.8) is 0 Å². The number of rotatable bonds is 74. The number of unbranched alkanes of at least 4 members (excludes halogenated alkanes) is 35. The summed E-state index contributed by atoms with van der Waals surface area (Å²) in [5.74, 6) is -0.819. The summed E-state index contributed by atoms with van der Waals surface area (Å²) in [6.07, 6.45) is 118. The SMILES string of the molecule is CC/C=C\C/C=C\C/C=C\C/C=C\C/C=C\C/C=C\C/C=C\CCCCCCCCCCCCCCCCCCCCCC(=O)OC(COC(=O)CCCCCCCCCCCCCCCCCC/C=C\C/C=C\C/C=C\C/C=C\C/C=C\C/C=C\CC)COP(=O)(O)OCCN. The smallest absolute Gasteiger partial charge is 0.462 e. The molecule has 0 amide bonds. The molecule has 0 rings (SSSR count). The van der Waals surface area contributed by atoms with Gasteiger partial charge in [0.2, 0.25) is 0 Å². The van der Waals surface area contributed by atoms with E-state index in [0.29, 0.717) is 6.42 Å². The van der Waals surface area contributed by atoms with Gasteiger partial charge >= 0.3 is 19.8 Å². The molecule has 0 aliphatic carbocycles. The number of hydrogen-bond acceptors (Lipinski definition) is 8. The second kappa shape index (κ2) is 80.6. The van der Waals surface area contributed by atoms with Crippen LogP contribution in [0.25, 0.3) is 0 Å². The number of allylic oxidation sites excluding steroid dienone is 26. The van der Waals surface area contributed by atoms with Crippen molar-refractivity contribution in [3.8, 4) is 0 Å². The van der Waals surface area contributed by atoms with Gasteiger partial charge in [-0.1, -0.05) is 371 Å². The third-order valence-electron chi connectivity index (χ3n) is 16.9. The lowest BCUT2D eigenvalue weighted by molar-refractivity contribution is -0.161. The Hall–Kier alpha value is -4.37. The molecule has 97 heavy (non-hydrogen) atoms. The quantitative estimate of drug-likeness (QED) is 0.0264. The minimum absolute atomic E-state index is 0.0498. The van der Waals surface area contributed by atoms with Crippen LogP contribution in [0.4, 0.5) is 0 Å². The van der Waals surface area contributed by atoms with E-state index < -0.39 is 26.5 Å². The fraction of sp³-hybridized carbons (Fsp3) is 0.678. The third-order valence-corrected chi connectivity index (χ3v) is 17.9. The van der Waals surface area contributed by atoms with Gasteiger partial charge in [-0.3, -0.25) is 18.6 Å². The van der Waals surface area contributed by atoms with Gasteiger partial charge < -0.3 is 20.1 Å². The second-order valence-corrected chi connectivity index (χ2v) is 27.6. The summed E-state index contributed by atoms with van der Waals surface area (Å²) in [5.41, 5.74) is 5.42. The Morgan fingerprint density at radius 2 is 0.536 bits per heavy atom. The van der Waals surface area contributed by atoms with Crippen LogP contribution in [0.3, 0.4) is 0 Å². The lowest BCUT2D eigenvalue weighted by atomic mass is 10.0. The maximum absolute atomic E-state index is 12.8. The van der Waals surface area contributed by atoms with Gasteiger partial charge in [0, 0.05) is 19.4 Å². The molecule has 0 saturated carbocycles. The van der Waals surface area contributed by atoms with Crippen LogP contribution in [-0.2, 0) is 32.7 Å². The van der Waals surface area contributed by atoms with Crippen molar-refractivity contribution in [1.82, 2.24) is 0 Å². The second-order valence-electron chi connectivity index (χ2n) is 26.2. The van der Waals surface area contributed by atoms with Crippen LogP contribution in [-0.4, -0.2) is 49.3 Å². The number of hydrogen-bond donors (Lipinski definition) is 2. The van der Waals surface area contributed by atoms with E-state index in [-0.39, 0.29) is 38.6 Å². The Labute approximate surface area is 598 Å². The molecule has 0 aromatic carbocycles. The lowest BCUT2D eigenvalue weighted by Gasteiger charge is -2.19. The number of carbonyl (C=O) groups is 2. The molecule has 554 valence electrons. The van der Waals surface area contributed by atoms with Gasteiger partial charge in [-0.05, 0) is 122 Å². The van der Waals surface area contributed by atoms with Crippen molar-refractivity contribution in [1.29, 1.82) is 0 Å². The molecule has 0 radical (unpaired) electrons. The number of ether oxygens (including phenoxy) is 2. The number of carbonyl (C=O) groups excluding carboxylic acids is 2. The summed E-state index contributed by atoms with van der Waals surface area (Å²) in [4.78, 5) is 35.5. The van der Waals surface area contributed by atoms with E-state index in [4.69, 9.17) is 24.3 Å². The predicted octanol–water partition coefficient (Wildman–Crippen LogP) is 27.1. The normalized spacial score (nSPS) is 13.7. The predicted molar refractivity (Wildman–Crippen MR) is 422 cm³/mol. The molecule has 0 aliphatic heterocycles. The summed E-state index contributed by atoms with van der Waals surface area (Å²) in [6.45, 7) is 3.55. The van der Waals surface area contributed by atoms with Gasteiger partial charge in [0.1, 0.15) is 6.61 Å². The highest BCUT2D eigenvalue weighted by Gasteiger charge is 2.26. The van der Waals surface area contributed by atoms with E-state index in [1.807, 2.05) is 0 Å². The zero-order valence-corrected chi connectivity index (χ0v) is 63.4. The highest BCUT2D eigenvalue weighted by atomic mass is 31.2. The van der Waals surface area contributed by atoms with E-state index in [1.54, 1.807) is 0 Å². The van der Waals surface area contributed by atoms with Crippen LogP contribution in [0.2, 0.25) is 0 Å². The molecule has 0 heterocycles. The molecule has 0 aromatic heterocycles.